The zero-order valence-electron chi connectivity index (χ0n) is 15.0. The molecule has 0 saturated carbocycles. The second-order valence-corrected chi connectivity index (χ2v) is 7.13. The number of hydrogen-bond acceptors (Lipinski definition) is 5. The Hall–Kier alpha value is -2.18. The fourth-order valence-corrected chi connectivity index (χ4v) is 2.84. The van der Waals surface area contributed by atoms with Gasteiger partial charge in [-0.05, 0) is 56.3 Å². The lowest BCUT2D eigenvalue weighted by atomic mass is 10.2. The second kappa shape index (κ2) is 8.96. The van der Waals surface area contributed by atoms with Crippen LogP contribution in [0.2, 0.25) is 0 Å². The molecule has 0 bridgehead atoms. The molecule has 0 spiro atoms. The third kappa shape index (κ3) is 5.16. The monoisotopic (exact) mass is 415 g/mol. The Labute approximate surface area is 162 Å². The second-order valence-electron chi connectivity index (χ2n) is 6.21. The minimum atomic E-state index is 0.545. The van der Waals surface area contributed by atoms with Crippen molar-refractivity contribution in [3.63, 3.8) is 0 Å². The zero-order chi connectivity index (χ0) is 18.4. The van der Waals surface area contributed by atoms with E-state index in [0.717, 1.165) is 34.3 Å². The van der Waals surface area contributed by atoms with E-state index in [4.69, 9.17) is 9.15 Å². The lowest BCUT2D eigenvalue weighted by Crippen LogP contribution is -2.21. The third-order valence-corrected chi connectivity index (χ3v) is 4.53. The normalized spacial score (nSPS) is 11.1. The molecule has 0 amide bonds. The first-order valence-corrected chi connectivity index (χ1v) is 9.36. The van der Waals surface area contributed by atoms with Gasteiger partial charge in [-0.15, -0.1) is 10.2 Å². The molecular formula is C20H22BrN3O2. The number of aromatic nitrogens is 2. The summed E-state index contributed by atoms with van der Waals surface area (Å²) in [5.41, 5.74) is 2.08. The van der Waals surface area contributed by atoms with Crippen LogP contribution in [-0.2, 0) is 6.54 Å². The van der Waals surface area contributed by atoms with Gasteiger partial charge in [0.25, 0.3) is 0 Å². The number of rotatable bonds is 8. The Balaban J connectivity index is 1.44. The van der Waals surface area contributed by atoms with Gasteiger partial charge in [-0.1, -0.05) is 34.1 Å². The van der Waals surface area contributed by atoms with Crippen LogP contribution >= 0.6 is 15.9 Å². The van der Waals surface area contributed by atoms with Gasteiger partial charge in [0.15, 0.2) is 0 Å². The van der Waals surface area contributed by atoms with E-state index in [-0.39, 0.29) is 0 Å². The van der Waals surface area contributed by atoms with Crippen LogP contribution < -0.4 is 4.74 Å². The van der Waals surface area contributed by atoms with E-state index in [1.165, 1.54) is 0 Å². The van der Waals surface area contributed by atoms with Crippen LogP contribution in [-0.4, -0.2) is 35.3 Å². The van der Waals surface area contributed by atoms with Gasteiger partial charge in [0.2, 0.25) is 11.8 Å². The first-order chi connectivity index (χ1) is 12.6. The maximum absolute atomic E-state index is 5.83. The highest BCUT2D eigenvalue weighted by molar-refractivity contribution is 9.10. The summed E-state index contributed by atoms with van der Waals surface area (Å²) in [6.45, 7) is 4.25. The minimum Gasteiger partial charge on any atom is -0.493 e. The number of nitrogens with zero attached hydrogens (tertiary/aromatic N) is 3. The van der Waals surface area contributed by atoms with E-state index in [0.29, 0.717) is 24.9 Å². The Bertz CT molecular complexity index is 833. The van der Waals surface area contributed by atoms with Crippen molar-refractivity contribution in [3.05, 3.63) is 64.5 Å². The van der Waals surface area contributed by atoms with Crippen molar-refractivity contribution in [3.8, 4) is 17.2 Å². The fourth-order valence-electron chi connectivity index (χ4n) is 2.57. The number of hydrogen-bond donors (Lipinski definition) is 0. The van der Waals surface area contributed by atoms with Crippen LogP contribution in [0.25, 0.3) is 11.5 Å². The van der Waals surface area contributed by atoms with Gasteiger partial charge in [-0.25, -0.2) is 0 Å². The van der Waals surface area contributed by atoms with Crippen molar-refractivity contribution in [2.45, 2.75) is 19.9 Å². The van der Waals surface area contributed by atoms with Gasteiger partial charge in [-0.3, -0.25) is 4.90 Å². The Morgan fingerprint density at radius 3 is 2.62 bits per heavy atom. The molecule has 3 aromatic rings. The number of para-hydroxylation sites is 1. The summed E-state index contributed by atoms with van der Waals surface area (Å²) in [7, 11) is 2.04. The molecule has 0 radical (unpaired) electrons. The van der Waals surface area contributed by atoms with Crippen LogP contribution in [0.3, 0.4) is 0 Å². The highest BCUT2D eigenvalue weighted by Crippen LogP contribution is 2.21. The van der Waals surface area contributed by atoms with Gasteiger partial charge in [-0.2, -0.15) is 0 Å². The molecule has 0 fully saturated rings. The maximum atomic E-state index is 5.83. The SMILES string of the molecule is Cc1ccccc1OCCCN(C)Cc1nnc(-c2ccc(Br)cc2)o1. The lowest BCUT2D eigenvalue weighted by Gasteiger charge is -2.14. The van der Waals surface area contributed by atoms with Crippen LogP contribution in [0.1, 0.15) is 17.9 Å². The molecule has 0 N–H and O–H groups in total. The summed E-state index contributed by atoms with van der Waals surface area (Å²) in [5.74, 6) is 2.11. The van der Waals surface area contributed by atoms with Crippen LogP contribution in [0.5, 0.6) is 5.75 Å². The molecule has 3 rings (SSSR count). The Morgan fingerprint density at radius 1 is 1.08 bits per heavy atom. The Morgan fingerprint density at radius 2 is 1.85 bits per heavy atom. The van der Waals surface area contributed by atoms with E-state index in [1.54, 1.807) is 0 Å². The molecule has 0 aliphatic carbocycles. The number of halogens is 1. The summed E-state index contributed by atoms with van der Waals surface area (Å²) in [6, 6.07) is 15.9. The summed E-state index contributed by atoms with van der Waals surface area (Å²) in [6.07, 6.45) is 0.929. The first-order valence-electron chi connectivity index (χ1n) is 8.57. The van der Waals surface area contributed by atoms with Gasteiger partial charge < -0.3 is 9.15 Å². The largest absolute Gasteiger partial charge is 0.493 e. The average Bonchev–Trinajstić information content (AvgIpc) is 3.09. The van der Waals surface area contributed by atoms with Crippen molar-refractivity contribution in [1.29, 1.82) is 0 Å². The quantitative estimate of drug-likeness (QED) is 0.498. The van der Waals surface area contributed by atoms with E-state index in [9.17, 15) is 0 Å². The third-order valence-electron chi connectivity index (χ3n) is 4.00. The highest BCUT2D eigenvalue weighted by Gasteiger charge is 2.10. The van der Waals surface area contributed by atoms with Crippen molar-refractivity contribution in [2.24, 2.45) is 0 Å². The molecule has 26 heavy (non-hydrogen) atoms. The summed E-state index contributed by atoms with van der Waals surface area (Å²) >= 11 is 3.42. The molecule has 0 atom stereocenters. The molecular weight excluding hydrogens is 394 g/mol. The summed E-state index contributed by atoms with van der Waals surface area (Å²) < 4.78 is 12.6. The molecule has 0 unspecified atom stereocenters. The molecule has 136 valence electrons. The van der Waals surface area contributed by atoms with Crippen molar-refractivity contribution in [2.75, 3.05) is 20.2 Å². The molecule has 2 aromatic carbocycles. The first kappa shape index (κ1) is 18.6. The molecule has 1 aromatic heterocycles. The number of benzene rings is 2. The minimum absolute atomic E-state index is 0.545. The topological polar surface area (TPSA) is 51.4 Å². The maximum Gasteiger partial charge on any atom is 0.247 e. The summed E-state index contributed by atoms with van der Waals surface area (Å²) in [5, 5.41) is 8.27. The highest BCUT2D eigenvalue weighted by atomic mass is 79.9. The zero-order valence-corrected chi connectivity index (χ0v) is 16.6. The number of ether oxygens (including phenoxy) is 1. The van der Waals surface area contributed by atoms with E-state index in [1.807, 2.05) is 49.5 Å². The standard InChI is InChI=1S/C20H22BrN3O2/c1-15-6-3-4-7-18(15)25-13-5-12-24(2)14-19-22-23-20(26-19)16-8-10-17(21)11-9-16/h3-4,6-11H,5,12-14H2,1-2H3. The average molecular weight is 416 g/mol. The molecule has 6 heteroatoms. The van der Waals surface area contributed by atoms with E-state index < -0.39 is 0 Å². The predicted molar refractivity (Wildman–Crippen MR) is 105 cm³/mol. The smallest absolute Gasteiger partial charge is 0.247 e. The predicted octanol–water partition coefficient (Wildman–Crippen LogP) is 4.71. The van der Waals surface area contributed by atoms with Crippen molar-refractivity contribution < 1.29 is 9.15 Å². The molecule has 0 aliphatic heterocycles. The van der Waals surface area contributed by atoms with Crippen LogP contribution in [0.15, 0.2) is 57.4 Å². The molecule has 0 aliphatic rings. The summed E-state index contributed by atoms with van der Waals surface area (Å²) in [4.78, 5) is 2.15. The van der Waals surface area contributed by atoms with Gasteiger partial charge in [0.1, 0.15) is 5.75 Å². The molecule has 0 saturated heterocycles. The fraction of sp³-hybridized carbons (Fsp3) is 0.300. The van der Waals surface area contributed by atoms with Crippen molar-refractivity contribution >= 4 is 15.9 Å². The molecule has 5 nitrogen and oxygen atoms in total. The van der Waals surface area contributed by atoms with Gasteiger partial charge in [0, 0.05) is 16.6 Å². The van der Waals surface area contributed by atoms with Gasteiger partial charge >= 0.3 is 0 Å². The molecule has 1 heterocycles. The van der Waals surface area contributed by atoms with Gasteiger partial charge in [0.05, 0.1) is 13.2 Å². The van der Waals surface area contributed by atoms with E-state index >= 15 is 0 Å². The Kier molecular flexibility index (Phi) is 6.41. The van der Waals surface area contributed by atoms with Crippen LogP contribution in [0.4, 0.5) is 0 Å². The van der Waals surface area contributed by atoms with Crippen molar-refractivity contribution in [1.82, 2.24) is 15.1 Å². The lowest BCUT2D eigenvalue weighted by molar-refractivity contribution is 0.244. The van der Waals surface area contributed by atoms with E-state index in [2.05, 4.69) is 44.0 Å². The number of aryl methyl sites for hydroxylation is 1. The van der Waals surface area contributed by atoms with Crippen LogP contribution in [0, 0.1) is 6.92 Å².